The van der Waals surface area contributed by atoms with Crippen molar-refractivity contribution in [1.29, 1.82) is 0 Å². The Morgan fingerprint density at radius 2 is 0.943 bits per heavy atom. The van der Waals surface area contributed by atoms with E-state index in [0.29, 0.717) is 5.56 Å². The monoisotopic (exact) mass is 492 g/mol. The van der Waals surface area contributed by atoms with E-state index in [1.807, 2.05) is 0 Å². The molecule has 35 heavy (non-hydrogen) atoms. The number of benzene rings is 1. The average molecular weight is 493 g/mol. The van der Waals surface area contributed by atoms with Crippen LogP contribution in [-0.2, 0) is 38.1 Å². The van der Waals surface area contributed by atoms with Crippen LogP contribution in [0, 0.1) is 16.7 Å². The van der Waals surface area contributed by atoms with E-state index >= 15 is 0 Å². The van der Waals surface area contributed by atoms with Crippen LogP contribution in [0.15, 0.2) is 30.3 Å². The number of ketones is 1. The highest BCUT2D eigenvalue weighted by atomic mass is 16.6. The largest absolute Gasteiger partial charge is 0.465 e. The van der Waals surface area contributed by atoms with E-state index in [1.165, 1.54) is 13.8 Å². The van der Waals surface area contributed by atoms with Crippen LogP contribution < -0.4 is 0 Å². The van der Waals surface area contributed by atoms with E-state index in [4.69, 9.17) is 18.9 Å². The lowest BCUT2D eigenvalue weighted by molar-refractivity contribution is -0.172. The molecule has 0 unspecified atom stereocenters. The second-order valence-electron chi connectivity index (χ2n) is 8.38. The lowest BCUT2D eigenvalue weighted by Gasteiger charge is -2.33. The number of carbonyl (C=O) groups excluding carboxylic acids is 5. The first-order valence-electron chi connectivity index (χ1n) is 11.8. The van der Waals surface area contributed by atoms with Gasteiger partial charge in [0.25, 0.3) is 0 Å². The van der Waals surface area contributed by atoms with Gasteiger partial charge in [0.05, 0.1) is 26.4 Å². The molecule has 1 aromatic rings. The number of carbonyl (C=O) groups is 5. The summed E-state index contributed by atoms with van der Waals surface area (Å²) in [7, 11) is 0. The highest BCUT2D eigenvalue weighted by Gasteiger charge is 2.52. The Morgan fingerprint density at radius 3 is 1.23 bits per heavy atom. The highest BCUT2D eigenvalue weighted by Crippen LogP contribution is 2.39. The minimum atomic E-state index is -1.86. The molecule has 0 saturated carbocycles. The Balaban J connectivity index is 3.61. The van der Waals surface area contributed by atoms with E-state index in [0.717, 1.165) is 0 Å². The van der Waals surface area contributed by atoms with Gasteiger partial charge in [-0.1, -0.05) is 30.3 Å². The molecule has 1 rings (SSSR count). The molecule has 0 aliphatic carbocycles. The van der Waals surface area contributed by atoms with E-state index in [2.05, 4.69) is 0 Å². The van der Waals surface area contributed by atoms with Crippen LogP contribution in [0.2, 0.25) is 0 Å². The second kappa shape index (κ2) is 13.6. The summed E-state index contributed by atoms with van der Waals surface area (Å²) in [5.74, 6) is -5.03. The number of ether oxygens (including phenoxy) is 4. The van der Waals surface area contributed by atoms with Gasteiger partial charge in [0.15, 0.2) is 16.6 Å². The van der Waals surface area contributed by atoms with Gasteiger partial charge in [-0.05, 0) is 54.4 Å². The van der Waals surface area contributed by atoms with E-state index < -0.39 is 46.4 Å². The fourth-order valence-electron chi connectivity index (χ4n) is 3.74. The molecule has 0 atom stereocenters. The molecule has 1 aromatic carbocycles. The van der Waals surface area contributed by atoms with Gasteiger partial charge < -0.3 is 18.9 Å². The molecule has 9 nitrogen and oxygen atoms in total. The summed E-state index contributed by atoms with van der Waals surface area (Å²) in [4.78, 5) is 65.2. The maximum Gasteiger partial charge on any atom is 0.323 e. The van der Waals surface area contributed by atoms with E-state index in [9.17, 15) is 24.0 Å². The number of Topliss-reactive ketones (excluding diaryl/α,β-unsaturated/α-hetero) is 1. The zero-order valence-electron chi connectivity index (χ0n) is 21.4. The first-order valence-corrected chi connectivity index (χ1v) is 11.8. The molecule has 0 bridgehead atoms. The fourth-order valence-corrected chi connectivity index (χ4v) is 3.74. The van der Waals surface area contributed by atoms with Crippen molar-refractivity contribution in [2.24, 2.45) is 16.7 Å². The Labute approximate surface area is 206 Å². The zero-order valence-corrected chi connectivity index (χ0v) is 21.4. The third kappa shape index (κ3) is 7.37. The van der Waals surface area contributed by atoms with Crippen molar-refractivity contribution in [3.8, 4) is 0 Å². The molecule has 0 heterocycles. The molecule has 0 radical (unpaired) electrons. The van der Waals surface area contributed by atoms with Crippen molar-refractivity contribution in [2.45, 2.75) is 54.4 Å². The van der Waals surface area contributed by atoms with Crippen molar-refractivity contribution in [2.75, 3.05) is 26.4 Å². The van der Waals surface area contributed by atoms with Gasteiger partial charge in [0.2, 0.25) is 0 Å². The lowest BCUT2D eigenvalue weighted by Crippen LogP contribution is -2.46. The van der Waals surface area contributed by atoms with Gasteiger partial charge in [0, 0.05) is 11.5 Å². The maximum absolute atomic E-state index is 13.6. The van der Waals surface area contributed by atoms with Crippen LogP contribution in [0.25, 0.3) is 0 Å². The molecule has 0 amide bonds. The van der Waals surface area contributed by atoms with E-state index in [-0.39, 0.29) is 39.3 Å². The molecule has 0 aromatic heterocycles. The second-order valence-corrected chi connectivity index (χ2v) is 8.38. The van der Waals surface area contributed by atoms with Crippen molar-refractivity contribution in [1.82, 2.24) is 0 Å². The van der Waals surface area contributed by atoms with Crippen LogP contribution >= 0.6 is 0 Å². The number of esters is 4. The van der Waals surface area contributed by atoms with Crippen molar-refractivity contribution >= 4 is 29.7 Å². The third-order valence-corrected chi connectivity index (χ3v) is 5.64. The highest BCUT2D eigenvalue weighted by molar-refractivity contribution is 6.04. The molecule has 0 saturated heterocycles. The number of rotatable bonds is 14. The predicted molar refractivity (Wildman–Crippen MR) is 126 cm³/mol. The quantitative estimate of drug-likeness (QED) is 0.166. The van der Waals surface area contributed by atoms with Crippen LogP contribution in [0.5, 0.6) is 0 Å². The third-order valence-electron chi connectivity index (χ3n) is 5.64. The molecule has 0 spiro atoms. The van der Waals surface area contributed by atoms with Crippen molar-refractivity contribution in [3.63, 3.8) is 0 Å². The minimum absolute atomic E-state index is 0.00843. The number of hydrogen-bond acceptors (Lipinski definition) is 9. The molecule has 194 valence electrons. The summed E-state index contributed by atoms with van der Waals surface area (Å²) < 4.78 is 20.5. The van der Waals surface area contributed by atoms with Crippen LogP contribution in [0.4, 0.5) is 0 Å². The molecule has 9 heteroatoms. The summed E-state index contributed by atoms with van der Waals surface area (Å²) in [5, 5.41) is 0. The predicted octanol–water partition coefficient (Wildman–Crippen LogP) is 3.53. The Hall–Kier alpha value is -3.23. The molecule has 0 aliphatic rings. The van der Waals surface area contributed by atoms with Crippen LogP contribution in [0.1, 0.15) is 64.7 Å². The fraction of sp³-hybridized carbons (Fsp3) is 0.577. The molecular formula is C26H36O9. The molecular weight excluding hydrogens is 456 g/mol. The lowest BCUT2D eigenvalue weighted by atomic mass is 9.71. The van der Waals surface area contributed by atoms with Gasteiger partial charge in [-0.25, -0.2) is 0 Å². The minimum Gasteiger partial charge on any atom is -0.465 e. The SMILES string of the molecule is CCOC(=O)C(C)(CC(CC(C)(C(=O)OCC)C(=O)OCC)C(=O)c1ccccc1)C(=O)OCC. The van der Waals surface area contributed by atoms with E-state index in [1.54, 1.807) is 58.0 Å². The maximum atomic E-state index is 13.6. The van der Waals surface area contributed by atoms with Gasteiger partial charge in [-0.3, -0.25) is 24.0 Å². The molecule has 0 fully saturated rings. The topological polar surface area (TPSA) is 122 Å². The van der Waals surface area contributed by atoms with Crippen molar-refractivity contribution in [3.05, 3.63) is 35.9 Å². The Bertz CT molecular complexity index is 807. The standard InChI is InChI=1S/C26H36O9/c1-7-32-21(28)25(5,22(29)33-8-2)16-19(20(27)18-14-12-11-13-15-18)17-26(6,23(30)34-9-3)24(31)35-10-4/h11-15,19H,7-10,16-17H2,1-6H3. The summed E-state index contributed by atoms with van der Waals surface area (Å²) >= 11 is 0. The van der Waals surface area contributed by atoms with Crippen LogP contribution in [0.3, 0.4) is 0 Å². The first kappa shape index (κ1) is 29.8. The number of hydrogen-bond donors (Lipinski definition) is 0. The summed E-state index contributed by atoms with van der Waals surface area (Å²) in [6.45, 7) is 9.07. The zero-order chi connectivity index (χ0) is 26.6. The van der Waals surface area contributed by atoms with Gasteiger partial charge in [-0.2, -0.15) is 0 Å². The summed E-state index contributed by atoms with van der Waals surface area (Å²) in [6.07, 6.45) is -0.709. The van der Waals surface area contributed by atoms with Crippen LogP contribution in [-0.4, -0.2) is 56.1 Å². The van der Waals surface area contributed by atoms with Crippen molar-refractivity contribution < 1.29 is 42.9 Å². The van der Waals surface area contributed by atoms with Gasteiger partial charge in [-0.15, -0.1) is 0 Å². The Morgan fingerprint density at radius 1 is 0.629 bits per heavy atom. The first-order chi connectivity index (χ1) is 16.5. The van der Waals surface area contributed by atoms with Gasteiger partial charge >= 0.3 is 23.9 Å². The summed E-state index contributed by atoms with van der Waals surface area (Å²) in [5.41, 5.74) is -3.42. The normalized spacial score (nSPS) is 11.5. The Kier molecular flexibility index (Phi) is 11.6. The average Bonchev–Trinajstić information content (AvgIpc) is 2.84. The smallest absolute Gasteiger partial charge is 0.323 e. The summed E-state index contributed by atoms with van der Waals surface area (Å²) in [6, 6.07) is 8.21. The molecule has 0 aliphatic heterocycles. The van der Waals surface area contributed by atoms with Gasteiger partial charge in [0.1, 0.15) is 0 Å². The molecule has 0 N–H and O–H groups in total.